The molecule has 0 amide bonds. The summed E-state index contributed by atoms with van der Waals surface area (Å²) in [4.78, 5) is 0.107. The Bertz CT molecular complexity index is 369. The van der Waals surface area contributed by atoms with E-state index < -0.39 is 0 Å². The molecule has 1 aliphatic rings. The van der Waals surface area contributed by atoms with Crippen LogP contribution < -0.4 is 0 Å². The van der Waals surface area contributed by atoms with Crippen LogP contribution in [0.2, 0.25) is 0 Å². The lowest BCUT2D eigenvalue weighted by Crippen LogP contribution is -2.29. The molecule has 0 spiro atoms. The van der Waals surface area contributed by atoms with Gasteiger partial charge in [-0.05, 0) is 22.0 Å². The van der Waals surface area contributed by atoms with Gasteiger partial charge in [0.25, 0.3) is 0 Å². The molecule has 1 radical (unpaired) electrons. The van der Waals surface area contributed by atoms with Gasteiger partial charge < -0.3 is 9.47 Å². The molecule has 1 aliphatic carbocycles. The smallest absolute Gasteiger partial charge is 0.147 e. The molecule has 0 heterocycles. The zero-order valence-corrected chi connectivity index (χ0v) is 14.7. The molecule has 0 aliphatic heterocycles. The van der Waals surface area contributed by atoms with Gasteiger partial charge in [0.15, 0.2) is 0 Å². The number of halogens is 1. The first kappa shape index (κ1) is 16.9. The predicted octanol–water partition coefficient (Wildman–Crippen LogP) is 4.86. The Hall–Kier alpha value is -0.120. The van der Waals surface area contributed by atoms with E-state index in [1.54, 1.807) is 7.11 Å². The SMILES string of the molecule is COCO[C]1C(C(C)(C)C)=CC(C(C)(C)C)=CC1Br. The van der Waals surface area contributed by atoms with E-state index >= 15 is 0 Å². The molecule has 0 saturated carbocycles. The first-order valence-corrected chi connectivity index (χ1v) is 7.56. The molecule has 0 saturated heterocycles. The van der Waals surface area contributed by atoms with Crippen molar-refractivity contribution in [3.8, 4) is 0 Å². The fourth-order valence-electron chi connectivity index (χ4n) is 1.99. The maximum absolute atomic E-state index is 5.78. The third kappa shape index (κ3) is 4.44. The molecular weight excluding hydrogens is 304 g/mol. The molecule has 109 valence electrons. The second-order valence-electron chi connectivity index (χ2n) is 7.00. The van der Waals surface area contributed by atoms with Crippen molar-refractivity contribution in [3.63, 3.8) is 0 Å². The average Bonchev–Trinajstić information content (AvgIpc) is 2.23. The van der Waals surface area contributed by atoms with Crippen LogP contribution in [0.15, 0.2) is 23.3 Å². The van der Waals surface area contributed by atoms with Gasteiger partial charge in [0.05, 0.1) is 4.83 Å². The van der Waals surface area contributed by atoms with Gasteiger partial charge in [-0.2, -0.15) is 0 Å². The summed E-state index contributed by atoms with van der Waals surface area (Å²) in [6, 6.07) is 0. The Morgan fingerprint density at radius 3 is 2.11 bits per heavy atom. The Balaban J connectivity index is 3.12. The maximum Gasteiger partial charge on any atom is 0.147 e. The highest BCUT2D eigenvalue weighted by atomic mass is 79.9. The third-order valence-electron chi connectivity index (χ3n) is 3.15. The molecule has 2 nitrogen and oxygen atoms in total. The Morgan fingerprint density at radius 1 is 1.11 bits per heavy atom. The Morgan fingerprint density at radius 2 is 1.68 bits per heavy atom. The predicted molar refractivity (Wildman–Crippen MR) is 84.0 cm³/mol. The molecule has 0 aromatic rings. The Labute approximate surface area is 126 Å². The third-order valence-corrected chi connectivity index (χ3v) is 3.83. The summed E-state index contributed by atoms with van der Waals surface area (Å²) in [7, 11) is 1.64. The summed E-state index contributed by atoms with van der Waals surface area (Å²) in [5, 5.41) is 0. The van der Waals surface area contributed by atoms with Gasteiger partial charge in [0.1, 0.15) is 12.9 Å². The number of hydrogen-bond acceptors (Lipinski definition) is 2. The minimum atomic E-state index is 0.0415. The van der Waals surface area contributed by atoms with E-state index in [1.165, 1.54) is 11.1 Å². The maximum atomic E-state index is 5.78. The van der Waals surface area contributed by atoms with Crippen molar-refractivity contribution in [2.75, 3.05) is 13.9 Å². The summed E-state index contributed by atoms with van der Waals surface area (Å²) >= 11 is 3.72. The number of rotatable bonds is 3. The van der Waals surface area contributed by atoms with Crippen molar-refractivity contribution < 1.29 is 9.47 Å². The zero-order valence-electron chi connectivity index (χ0n) is 13.1. The van der Waals surface area contributed by atoms with Gasteiger partial charge in [0, 0.05) is 7.11 Å². The van der Waals surface area contributed by atoms with E-state index in [0.29, 0.717) is 0 Å². The molecule has 1 atom stereocenters. The molecular formula is C16H26BrO2. The van der Waals surface area contributed by atoms with Crippen molar-refractivity contribution in [3.05, 3.63) is 29.4 Å². The van der Waals surface area contributed by atoms with Crippen LogP contribution in [0.3, 0.4) is 0 Å². The molecule has 3 heteroatoms. The number of hydrogen-bond donors (Lipinski definition) is 0. The molecule has 0 aromatic carbocycles. The first-order chi connectivity index (χ1) is 8.57. The first-order valence-electron chi connectivity index (χ1n) is 6.65. The highest BCUT2D eigenvalue weighted by Gasteiger charge is 2.36. The van der Waals surface area contributed by atoms with E-state index in [2.05, 4.69) is 69.6 Å². The van der Waals surface area contributed by atoms with Crippen LogP contribution >= 0.6 is 15.9 Å². The van der Waals surface area contributed by atoms with Crippen LogP contribution in [0.4, 0.5) is 0 Å². The summed E-state index contributed by atoms with van der Waals surface area (Å²) in [6.45, 7) is 13.6. The van der Waals surface area contributed by atoms with Crippen molar-refractivity contribution in [2.45, 2.75) is 46.4 Å². The quantitative estimate of drug-likeness (QED) is 0.543. The highest BCUT2D eigenvalue weighted by Crippen LogP contribution is 2.44. The monoisotopic (exact) mass is 329 g/mol. The zero-order chi connectivity index (χ0) is 14.8. The van der Waals surface area contributed by atoms with E-state index in [1.807, 2.05) is 0 Å². The van der Waals surface area contributed by atoms with Crippen LogP contribution in [0.5, 0.6) is 0 Å². The van der Waals surface area contributed by atoms with Crippen LogP contribution in [0, 0.1) is 16.9 Å². The number of methoxy groups -OCH3 is 1. The van der Waals surface area contributed by atoms with E-state index in [9.17, 15) is 0 Å². The second-order valence-corrected chi connectivity index (χ2v) is 7.98. The average molecular weight is 330 g/mol. The lowest BCUT2D eigenvalue weighted by molar-refractivity contribution is -0.0205. The van der Waals surface area contributed by atoms with E-state index in [0.717, 1.165) is 6.10 Å². The van der Waals surface area contributed by atoms with Crippen LogP contribution in [0.25, 0.3) is 0 Å². The molecule has 19 heavy (non-hydrogen) atoms. The summed E-state index contributed by atoms with van der Waals surface area (Å²) in [5.41, 5.74) is 2.75. The van der Waals surface area contributed by atoms with Crippen molar-refractivity contribution in [1.29, 1.82) is 0 Å². The highest BCUT2D eigenvalue weighted by molar-refractivity contribution is 9.09. The normalized spacial score (nSPS) is 22.2. The van der Waals surface area contributed by atoms with Crippen LogP contribution in [0.1, 0.15) is 41.5 Å². The van der Waals surface area contributed by atoms with Crippen molar-refractivity contribution >= 4 is 15.9 Å². The Kier molecular flexibility index (Phi) is 5.44. The summed E-state index contributed by atoms with van der Waals surface area (Å²) < 4.78 is 10.8. The standard InChI is InChI=1S/C16H26BrO2/c1-15(2,3)11-8-12(16(4,5)6)14(13(17)9-11)19-10-18-7/h8-9,13H,10H2,1-7H3. The lowest BCUT2D eigenvalue weighted by atomic mass is 9.74. The minimum absolute atomic E-state index is 0.0415. The summed E-state index contributed by atoms with van der Waals surface area (Å²) in [5.74, 6) is 0. The van der Waals surface area contributed by atoms with Crippen molar-refractivity contribution in [2.24, 2.45) is 10.8 Å². The topological polar surface area (TPSA) is 18.5 Å². The van der Waals surface area contributed by atoms with Gasteiger partial charge in [0.2, 0.25) is 0 Å². The second kappa shape index (κ2) is 6.11. The number of ether oxygens (including phenoxy) is 2. The molecule has 0 bridgehead atoms. The number of alkyl halides is 1. The minimum Gasteiger partial charge on any atom is -0.359 e. The largest absolute Gasteiger partial charge is 0.359 e. The summed E-state index contributed by atoms with van der Waals surface area (Å²) in [6.07, 6.45) is 5.45. The lowest BCUT2D eigenvalue weighted by Gasteiger charge is -2.37. The molecule has 1 unspecified atom stereocenters. The van der Waals surface area contributed by atoms with Gasteiger partial charge in [-0.1, -0.05) is 69.6 Å². The van der Waals surface area contributed by atoms with E-state index in [4.69, 9.17) is 9.47 Å². The molecule has 0 N–H and O–H groups in total. The van der Waals surface area contributed by atoms with E-state index in [-0.39, 0.29) is 22.5 Å². The molecule has 0 fully saturated rings. The van der Waals surface area contributed by atoms with Crippen LogP contribution in [-0.4, -0.2) is 18.7 Å². The van der Waals surface area contributed by atoms with Gasteiger partial charge in [-0.25, -0.2) is 0 Å². The number of allylic oxidation sites excluding steroid dienone is 2. The molecule has 1 rings (SSSR count). The van der Waals surface area contributed by atoms with Crippen LogP contribution in [-0.2, 0) is 9.47 Å². The van der Waals surface area contributed by atoms with Crippen molar-refractivity contribution in [1.82, 2.24) is 0 Å². The van der Waals surface area contributed by atoms with Gasteiger partial charge >= 0.3 is 0 Å². The van der Waals surface area contributed by atoms with Gasteiger partial charge in [-0.3, -0.25) is 0 Å². The van der Waals surface area contributed by atoms with Gasteiger partial charge in [-0.15, -0.1) is 0 Å². The molecule has 0 aromatic heterocycles. The fraction of sp³-hybridized carbons (Fsp3) is 0.688. The fourth-order valence-corrected chi connectivity index (χ4v) is 2.65.